The van der Waals surface area contributed by atoms with E-state index >= 15 is 0 Å². The minimum atomic E-state index is 0.299. The molecule has 0 bridgehead atoms. The molecule has 2 aromatic rings. The first-order chi connectivity index (χ1) is 9.22. The number of hydrogen-bond acceptors (Lipinski definition) is 3. The maximum atomic E-state index is 6.28. The molecule has 0 saturated heterocycles. The highest BCUT2D eigenvalue weighted by molar-refractivity contribution is 6.33. The van der Waals surface area contributed by atoms with Gasteiger partial charge in [0.05, 0.1) is 10.7 Å². The van der Waals surface area contributed by atoms with Crippen molar-refractivity contribution in [2.75, 3.05) is 19.0 Å². The van der Waals surface area contributed by atoms with Crippen molar-refractivity contribution in [3.05, 3.63) is 41.7 Å². The second-order valence-electron chi connectivity index (χ2n) is 4.41. The van der Waals surface area contributed by atoms with Crippen molar-refractivity contribution >= 4 is 17.3 Å². The van der Waals surface area contributed by atoms with Crippen molar-refractivity contribution < 1.29 is 4.74 Å². The molecule has 0 radical (unpaired) electrons. The molecule has 1 aromatic carbocycles. The molecule has 1 aromatic heterocycles. The Hall–Kier alpha value is -1.52. The van der Waals surface area contributed by atoms with E-state index < -0.39 is 0 Å². The number of aromatic nitrogens is 2. The Morgan fingerprint density at radius 1 is 1.42 bits per heavy atom. The fourth-order valence-corrected chi connectivity index (χ4v) is 2.16. The van der Waals surface area contributed by atoms with Gasteiger partial charge in [0.15, 0.2) is 0 Å². The molecule has 0 fully saturated rings. The van der Waals surface area contributed by atoms with Gasteiger partial charge in [-0.2, -0.15) is 5.10 Å². The molecule has 2 rings (SSSR count). The van der Waals surface area contributed by atoms with Crippen LogP contribution in [-0.4, -0.2) is 29.5 Å². The summed E-state index contributed by atoms with van der Waals surface area (Å²) in [5, 5.41) is 8.37. The molecule has 0 amide bonds. The minimum Gasteiger partial charge on any atom is -0.385 e. The number of nitrogens with zero attached hydrogens (tertiary/aromatic N) is 2. The molecule has 102 valence electrons. The summed E-state index contributed by atoms with van der Waals surface area (Å²) in [6.45, 7) is 2.85. The summed E-state index contributed by atoms with van der Waals surface area (Å²) >= 11 is 6.28. The van der Waals surface area contributed by atoms with Crippen LogP contribution in [0.5, 0.6) is 0 Å². The van der Waals surface area contributed by atoms with Crippen LogP contribution in [0.15, 0.2) is 36.7 Å². The zero-order valence-electron chi connectivity index (χ0n) is 11.1. The van der Waals surface area contributed by atoms with E-state index in [0.717, 1.165) is 24.4 Å². The Labute approximate surface area is 118 Å². The minimum absolute atomic E-state index is 0.299. The average Bonchev–Trinajstić information content (AvgIpc) is 2.90. The van der Waals surface area contributed by atoms with Crippen LogP contribution in [0, 0.1) is 0 Å². The number of anilines is 1. The Morgan fingerprint density at radius 3 is 2.95 bits per heavy atom. The number of methoxy groups -OCH3 is 1. The molecule has 0 aliphatic rings. The molecule has 0 saturated carbocycles. The lowest BCUT2D eigenvalue weighted by atomic mass is 10.2. The van der Waals surface area contributed by atoms with Crippen molar-refractivity contribution in [1.29, 1.82) is 0 Å². The molecule has 1 atom stereocenters. The Kier molecular flexibility index (Phi) is 4.82. The van der Waals surface area contributed by atoms with E-state index in [1.165, 1.54) is 0 Å². The second kappa shape index (κ2) is 6.59. The van der Waals surface area contributed by atoms with E-state index in [1.807, 2.05) is 30.5 Å². The predicted molar refractivity (Wildman–Crippen MR) is 78.2 cm³/mol. The lowest BCUT2D eigenvalue weighted by Gasteiger charge is -2.18. The first-order valence-electron chi connectivity index (χ1n) is 6.26. The number of benzene rings is 1. The number of rotatable bonds is 6. The Morgan fingerprint density at radius 2 is 2.26 bits per heavy atom. The van der Waals surface area contributed by atoms with Gasteiger partial charge in [-0.05, 0) is 31.5 Å². The zero-order chi connectivity index (χ0) is 13.7. The summed E-state index contributed by atoms with van der Waals surface area (Å²) in [5.41, 5.74) is 1.85. The summed E-state index contributed by atoms with van der Waals surface area (Å²) in [6.07, 6.45) is 4.55. The van der Waals surface area contributed by atoms with Crippen molar-refractivity contribution in [2.24, 2.45) is 0 Å². The molecular weight excluding hydrogens is 262 g/mol. The molecule has 5 heteroatoms. The van der Waals surface area contributed by atoms with E-state index in [4.69, 9.17) is 16.3 Å². The van der Waals surface area contributed by atoms with Gasteiger partial charge in [0.2, 0.25) is 0 Å². The molecule has 1 N–H and O–H groups in total. The van der Waals surface area contributed by atoms with Crippen LogP contribution in [0.3, 0.4) is 0 Å². The molecule has 19 heavy (non-hydrogen) atoms. The van der Waals surface area contributed by atoms with Crippen LogP contribution in [0.2, 0.25) is 5.02 Å². The van der Waals surface area contributed by atoms with Crippen LogP contribution >= 0.6 is 11.6 Å². The second-order valence-corrected chi connectivity index (χ2v) is 4.82. The largest absolute Gasteiger partial charge is 0.385 e. The topological polar surface area (TPSA) is 39.1 Å². The Bertz CT molecular complexity index is 513. The van der Waals surface area contributed by atoms with Gasteiger partial charge < -0.3 is 10.1 Å². The van der Waals surface area contributed by atoms with Gasteiger partial charge in [0.1, 0.15) is 5.69 Å². The van der Waals surface area contributed by atoms with E-state index in [1.54, 1.807) is 18.0 Å². The van der Waals surface area contributed by atoms with Gasteiger partial charge in [-0.3, -0.25) is 0 Å². The first kappa shape index (κ1) is 13.9. The maximum Gasteiger partial charge on any atom is 0.106 e. The summed E-state index contributed by atoms with van der Waals surface area (Å²) in [5.74, 6) is 0. The predicted octanol–water partition coefficient (Wildman–Crippen LogP) is 3.36. The maximum absolute atomic E-state index is 6.28. The third kappa shape index (κ3) is 3.49. The highest BCUT2D eigenvalue weighted by atomic mass is 35.5. The van der Waals surface area contributed by atoms with E-state index in [-0.39, 0.29) is 0 Å². The third-order valence-corrected chi connectivity index (χ3v) is 3.18. The average molecular weight is 280 g/mol. The summed E-state index contributed by atoms with van der Waals surface area (Å²) in [4.78, 5) is 0. The fourth-order valence-electron chi connectivity index (χ4n) is 1.90. The van der Waals surface area contributed by atoms with Crippen LogP contribution in [-0.2, 0) is 4.74 Å². The van der Waals surface area contributed by atoms with E-state index in [9.17, 15) is 0 Å². The van der Waals surface area contributed by atoms with Gasteiger partial charge >= 0.3 is 0 Å². The number of ether oxygens (including phenoxy) is 1. The molecule has 1 unspecified atom stereocenters. The smallest absolute Gasteiger partial charge is 0.106 e. The fraction of sp³-hybridized carbons (Fsp3) is 0.357. The molecule has 0 aliphatic heterocycles. The van der Waals surface area contributed by atoms with Crippen LogP contribution < -0.4 is 5.32 Å². The van der Waals surface area contributed by atoms with Gasteiger partial charge in [0.25, 0.3) is 0 Å². The Balaban J connectivity index is 2.23. The number of hydrogen-bond donors (Lipinski definition) is 1. The summed E-state index contributed by atoms with van der Waals surface area (Å²) in [6, 6.07) is 7.98. The van der Waals surface area contributed by atoms with Gasteiger partial charge in [-0.25, -0.2) is 4.68 Å². The number of para-hydroxylation sites is 1. The number of nitrogens with one attached hydrogen (secondary N) is 1. The number of halogens is 1. The highest BCUT2D eigenvalue weighted by Crippen LogP contribution is 2.28. The van der Waals surface area contributed by atoms with Crippen molar-refractivity contribution in [3.63, 3.8) is 0 Å². The standard InChI is InChI=1S/C14H18ClN3O/c1-11(7-10-19-2)17-13-6-3-5-12(15)14(13)18-9-4-8-16-18/h3-6,8-9,11,17H,7,10H2,1-2H3. The monoisotopic (exact) mass is 279 g/mol. The van der Waals surface area contributed by atoms with Crippen LogP contribution in [0.25, 0.3) is 5.69 Å². The van der Waals surface area contributed by atoms with Crippen LogP contribution in [0.1, 0.15) is 13.3 Å². The quantitative estimate of drug-likeness (QED) is 0.881. The van der Waals surface area contributed by atoms with E-state index in [0.29, 0.717) is 11.1 Å². The SMILES string of the molecule is COCCC(C)Nc1cccc(Cl)c1-n1cccn1. The van der Waals surface area contributed by atoms with E-state index in [2.05, 4.69) is 17.3 Å². The van der Waals surface area contributed by atoms with Gasteiger partial charge in [-0.15, -0.1) is 0 Å². The van der Waals surface area contributed by atoms with Gasteiger partial charge in [0, 0.05) is 32.2 Å². The normalized spacial score (nSPS) is 12.4. The lowest BCUT2D eigenvalue weighted by Crippen LogP contribution is -2.18. The summed E-state index contributed by atoms with van der Waals surface area (Å²) in [7, 11) is 1.71. The first-order valence-corrected chi connectivity index (χ1v) is 6.64. The molecular formula is C14H18ClN3O. The zero-order valence-corrected chi connectivity index (χ0v) is 11.9. The molecule has 1 heterocycles. The van der Waals surface area contributed by atoms with Crippen molar-refractivity contribution in [2.45, 2.75) is 19.4 Å². The van der Waals surface area contributed by atoms with Gasteiger partial charge in [-0.1, -0.05) is 17.7 Å². The van der Waals surface area contributed by atoms with Crippen LogP contribution in [0.4, 0.5) is 5.69 Å². The molecule has 0 aliphatic carbocycles. The third-order valence-electron chi connectivity index (χ3n) is 2.88. The highest BCUT2D eigenvalue weighted by Gasteiger charge is 2.11. The van der Waals surface area contributed by atoms with Crippen molar-refractivity contribution in [3.8, 4) is 5.69 Å². The molecule has 0 spiro atoms. The summed E-state index contributed by atoms with van der Waals surface area (Å²) < 4.78 is 6.86. The van der Waals surface area contributed by atoms with Crippen molar-refractivity contribution in [1.82, 2.24) is 9.78 Å². The molecule has 4 nitrogen and oxygen atoms in total. The lowest BCUT2D eigenvalue weighted by molar-refractivity contribution is 0.191.